The van der Waals surface area contributed by atoms with Crippen LogP contribution in [0.3, 0.4) is 0 Å². The van der Waals surface area contributed by atoms with Gasteiger partial charge >= 0.3 is 11.8 Å². The van der Waals surface area contributed by atoms with E-state index in [1.807, 2.05) is 5.43 Å². The van der Waals surface area contributed by atoms with Gasteiger partial charge in [0.1, 0.15) is 11.8 Å². The van der Waals surface area contributed by atoms with E-state index in [0.717, 1.165) is 6.21 Å². The van der Waals surface area contributed by atoms with Crippen LogP contribution in [-0.4, -0.2) is 18.0 Å². The number of anilines is 1. The molecule has 7 nitrogen and oxygen atoms in total. The fraction of sp³-hybridized carbons (Fsp3) is 0. The average Bonchev–Trinajstić information content (AvgIpc) is 2.66. The van der Waals surface area contributed by atoms with Crippen molar-refractivity contribution in [3.05, 3.63) is 74.6 Å². The number of carbonyl (C=O) groups excluding carboxylic acids is 2. The van der Waals surface area contributed by atoms with Crippen molar-refractivity contribution in [3.63, 3.8) is 0 Å². The lowest BCUT2D eigenvalue weighted by Gasteiger charge is -2.05. The van der Waals surface area contributed by atoms with Gasteiger partial charge in [0.25, 0.3) is 0 Å². The lowest BCUT2D eigenvalue weighted by molar-refractivity contribution is -0.136. The van der Waals surface area contributed by atoms with Gasteiger partial charge in [-0.2, -0.15) is 5.10 Å². The Morgan fingerprint density at radius 3 is 2.59 bits per heavy atom. The molecule has 27 heavy (non-hydrogen) atoms. The van der Waals surface area contributed by atoms with Gasteiger partial charge in [-0.3, -0.25) is 14.4 Å². The summed E-state index contributed by atoms with van der Waals surface area (Å²) in [6, 6.07) is 11.1. The Balaban J connectivity index is 1.66. The number of halogens is 2. The van der Waals surface area contributed by atoms with Crippen molar-refractivity contribution in [2.24, 2.45) is 5.10 Å². The van der Waals surface area contributed by atoms with Crippen LogP contribution in [0, 0.1) is 0 Å². The van der Waals surface area contributed by atoms with Crippen LogP contribution in [0.25, 0.3) is 11.0 Å². The SMILES string of the molecule is O=C(N/N=C/c1coc2ccccc2c1=O)C(=O)Nc1ccc(Cl)c(Cl)c1. The number of benzene rings is 2. The van der Waals surface area contributed by atoms with Crippen LogP contribution in [0.1, 0.15) is 5.56 Å². The minimum absolute atomic E-state index is 0.124. The number of hydrogen-bond donors (Lipinski definition) is 2. The lowest BCUT2D eigenvalue weighted by atomic mass is 10.2. The van der Waals surface area contributed by atoms with E-state index in [1.54, 1.807) is 24.3 Å². The maximum Gasteiger partial charge on any atom is 0.329 e. The highest BCUT2D eigenvalue weighted by Crippen LogP contribution is 2.24. The zero-order valence-electron chi connectivity index (χ0n) is 13.5. The molecule has 0 aliphatic rings. The molecular formula is C18H11Cl2N3O4. The van der Waals surface area contributed by atoms with Crippen molar-refractivity contribution < 1.29 is 14.0 Å². The molecule has 3 aromatic rings. The first-order valence-electron chi connectivity index (χ1n) is 7.55. The molecule has 3 rings (SSSR count). The predicted molar refractivity (Wildman–Crippen MR) is 103 cm³/mol. The number of hydrazone groups is 1. The van der Waals surface area contributed by atoms with E-state index in [4.69, 9.17) is 27.6 Å². The number of nitrogens with zero attached hydrogens (tertiary/aromatic N) is 1. The van der Waals surface area contributed by atoms with E-state index in [-0.39, 0.29) is 16.0 Å². The number of rotatable bonds is 3. The largest absolute Gasteiger partial charge is 0.463 e. The molecule has 0 aliphatic heterocycles. The number of hydrogen-bond acceptors (Lipinski definition) is 5. The Hall–Kier alpha value is -3.16. The normalized spacial score (nSPS) is 10.9. The second kappa shape index (κ2) is 8.03. The second-order valence-corrected chi connectivity index (χ2v) is 6.11. The Morgan fingerprint density at radius 2 is 1.81 bits per heavy atom. The van der Waals surface area contributed by atoms with Crippen molar-refractivity contribution in [2.45, 2.75) is 0 Å². The summed E-state index contributed by atoms with van der Waals surface area (Å²) in [5, 5.41) is 6.89. The van der Waals surface area contributed by atoms with Gasteiger partial charge in [-0.1, -0.05) is 35.3 Å². The molecule has 1 heterocycles. The molecule has 1 aromatic heterocycles. The molecule has 0 saturated carbocycles. The number of para-hydroxylation sites is 1. The van der Waals surface area contributed by atoms with Crippen LogP contribution in [0.15, 0.2) is 63.0 Å². The minimum atomic E-state index is -1.03. The molecule has 2 N–H and O–H groups in total. The summed E-state index contributed by atoms with van der Waals surface area (Å²) in [6.07, 6.45) is 2.32. The molecule has 0 fully saturated rings. The van der Waals surface area contributed by atoms with Gasteiger partial charge in [-0.05, 0) is 30.3 Å². The monoisotopic (exact) mass is 403 g/mol. The lowest BCUT2D eigenvalue weighted by Crippen LogP contribution is -2.32. The quantitative estimate of drug-likeness (QED) is 0.398. The molecule has 2 amide bonds. The van der Waals surface area contributed by atoms with E-state index < -0.39 is 11.8 Å². The molecular weight excluding hydrogens is 393 g/mol. The zero-order valence-corrected chi connectivity index (χ0v) is 15.0. The van der Waals surface area contributed by atoms with Crippen LogP contribution in [0.5, 0.6) is 0 Å². The van der Waals surface area contributed by atoms with Gasteiger partial charge in [0, 0.05) is 5.69 Å². The number of nitrogens with one attached hydrogen (secondary N) is 2. The van der Waals surface area contributed by atoms with Crippen molar-refractivity contribution >= 4 is 57.9 Å². The molecule has 2 aromatic carbocycles. The molecule has 0 radical (unpaired) electrons. The molecule has 9 heteroatoms. The van der Waals surface area contributed by atoms with Crippen LogP contribution in [-0.2, 0) is 9.59 Å². The third-order valence-corrected chi connectivity index (χ3v) is 4.20. The minimum Gasteiger partial charge on any atom is -0.463 e. The summed E-state index contributed by atoms with van der Waals surface area (Å²) in [5.74, 6) is -1.99. The Kier molecular flexibility index (Phi) is 5.54. The summed E-state index contributed by atoms with van der Waals surface area (Å²) < 4.78 is 5.32. The van der Waals surface area contributed by atoms with E-state index in [0.29, 0.717) is 21.7 Å². The molecule has 0 bridgehead atoms. The van der Waals surface area contributed by atoms with Gasteiger partial charge < -0.3 is 9.73 Å². The van der Waals surface area contributed by atoms with Gasteiger partial charge in [0.05, 0.1) is 27.2 Å². The summed E-state index contributed by atoms with van der Waals surface area (Å²) in [5.41, 5.74) is 2.58. The summed E-state index contributed by atoms with van der Waals surface area (Å²) in [4.78, 5) is 35.9. The van der Waals surface area contributed by atoms with Crippen molar-refractivity contribution in [3.8, 4) is 0 Å². The third-order valence-electron chi connectivity index (χ3n) is 3.46. The Labute approximate surface area is 162 Å². The highest BCUT2D eigenvalue weighted by atomic mass is 35.5. The first kappa shape index (κ1) is 18.6. The van der Waals surface area contributed by atoms with E-state index in [1.165, 1.54) is 24.5 Å². The van der Waals surface area contributed by atoms with Crippen molar-refractivity contribution in [1.82, 2.24) is 5.43 Å². The molecule has 0 unspecified atom stereocenters. The van der Waals surface area contributed by atoms with Crippen LogP contribution in [0.4, 0.5) is 5.69 Å². The zero-order chi connectivity index (χ0) is 19.4. The topological polar surface area (TPSA) is 101 Å². The van der Waals surface area contributed by atoms with E-state index in [9.17, 15) is 14.4 Å². The second-order valence-electron chi connectivity index (χ2n) is 5.30. The number of carbonyl (C=O) groups is 2. The third kappa shape index (κ3) is 4.33. The summed E-state index contributed by atoms with van der Waals surface area (Å²) in [6.45, 7) is 0. The average molecular weight is 404 g/mol. The highest BCUT2D eigenvalue weighted by Gasteiger charge is 2.13. The van der Waals surface area contributed by atoms with Crippen LogP contribution < -0.4 is 16.2 Å². The van der Waals surface area contributed by atoms with Crippen molar-refractivity contribution in [2.75, 3.05) is 5.32 Å². The van der Waals surface area contributed by atoms with Crippen LogP contribution >= 0.6 is 23.2 Å². The van der Waals surface area contributed by atoms with Gasteiger partial charge in [0.2, 0.25) is 5.43 Å². The van der Waals surface area contributed by atoms with Crippen LogP contribution in [0.2, 0.25) is 10.0 Å². The maximum atomic E-state index is 12.3. The van der Waals surface area contributed by atoms with E-state index in [2.05, 4.69) is 10.4 Å². The summed E-state index contributed by atoms with van der Waals surface area (Å²) in [7, 11) is 0. The fourth-order valence-electron chi connectivity index (χ4n) is 2.16. The highest BCUT2D eigenvalue weighted by molar-refractivity contribution is 6.42. The van der Waals surface area contributed by atoms with Gasteiger partial charge in [-0.25, -0.2) is 5.43 Å². The Bertz CT molecular complexity index is 1130. The smallest absolute Gasteiger partial charge is 0.329 e. The summed E-state index contributed by atoms with van der Waals surface area (Å²) >= 11 is 11.6. The molecule has 0 atom stereocenters. The first-order chi connectivity index (χ1) is 13.0. The fourth-order valence-corrected chi connectivity index (χ4v) is 2.45. The maximum absolute atomic E-state index is 12.3. The number of amides is 2. The van der Waals surface area contributed by atoms with E-state index >= 15 is 0 Å². The molecule has 0 spiro atoms. The standard InChI is InChI=1S/C18H11Cl2N3O4/c19-13-6-5-11(7-14(13)20)22-17(25)18(26)23-21-8-10-9-27-15-4-2-1-3-12(15)16(10)24/h1-9H,(H,22,25)(H,23,26)/b21-8+. The van der Waals surface area contributed by atoms with Gasteiger partial charge in [-0.15, -0.1) is 0 Å². The predicted octanol–water partition coefficient (Wildman–Crippen LogP) is 3.19. The first-order valence-corrected chi connectivity index (χ1v) is 8.31. The number of fused-ring (bicyclic) bond motifs is 1. The van der Waals surface area contributed by atoms with Crippen molar-refractivity contribution in [1.29, 1.82) is 0 Å². The molecule has 136 valence electrons. The molecule has 0 aliphatic carbocycles. The molecule has 0 saturated heterocycles. The van der Waals surface area contributed by atoms with Gasteiger partial charge in [0.15, 0.2) is 0 Å². The Morgan fingerprint density at radius 1 is 1.04 bits per heavy atom.